The normalized spacial score (nSPS) is 10.7. The summed E-state index contributed by atoms with van der Waals surface area (Å²) >= 11 is 0. The first kappa shape index (κ1) is 13.5. The van der Waals surface area contributed by atoms with E-state index in [1.165, 1.54) is 0 Å². The third-order valence-electron chi connectivity index (χ3n) is 3.13. The first-order chi connectivity index (χ1) is 9.26. The number of hydrogen-bond donors (Lipinski definition) is 1. The van der Waals surface area contributed by atoms with Gasteiger partial charge in [-0.3, -0.25) is 0 Å². The van der Waals surface area contributed by atoms with Gasteiger partial charge < -0.3 is 10.1 Å². The van der Waals surface area contributed by atoms with Gasteiger partial charge in [-0.15, -0.1) is 5.10 Å². The van der Waals surface area contributed by atoms with Crippen LogP contribution < -0.4 is 10.1 Å². The zero-order valence-electron chi connectivity index (χ0n) is 11.7. The van der Waals surface area contributed by atoms with Gasteiger partial charge in [0.25, 0.3) is 0 Å². The van der Waals surface area contributed by atoms with E-state index in [0.29, 0.717) is 0 Å². The van der Waals surface area contributed by atoms with Gasteiger partial charge in [-0.05, 0) is 19.9 Å². The van der Waals surface area contributed by atoms with Crippen molar-refractivity contribution in [1.82, 2.24) is 20.3 Å². The third kappa shape index (κ3) is 3.12. The Balaban J connectivity index is 1.98. The van der Waals surface area contributed by atoms with Crippen molar-refractivity contribution in [3.63, 3.8) is 0 Å². The van der Waals surface area contributed by atoms with E-state index in [-0.39, 0.29) is 0 Å². The van der Waals surface area contributed by atoms with Gasteiger partial charge in [0, 0.05) is 25.2 Å². The summed E-state index contributed by atoms with van der Waals surface area (Å²) in [7, 11) is 1.69. The predicted octanol–water partition coefficient (Wildman–Crippen LogP) is 1.90. The molecule has 0 atom stereocenters. The number of benzene rings is 1. The number of hydrogen-bond acceptors (Lipinski definition) is 4. The molecule has 0 unspecified atom stereocenters. The summed E-state index contributed by atoms with van der Waals surface area (Å²) < 4.78 is 7.25. The highest BCUT2D eigenvalue weighted by molar-refractivity contribution is 5.33. The quantitative estimate of drug-likeness (QED) is 0.862. The minimum atomic E-state index is 0.755. The Morgan fingerprint density at radius 3 is 2.79 bits per heavy atom. The summed E-state index contributed by atoms with van der Waals surface area (Å²) in [6, 6.07) is 8.03. The Kier molecular flexibility index (Phi) is 4.52. The second kappa shape index (κ2) is 6.33. The predicted molar refractivity (Wildman–Crippen MR) is 74.0 cm³/mol. The Morgan fingerprint density at radius 2 is 2.05 bits per heavy atom. The van der Waals surface area contributed by atoms with E-state index in [4.69, 9.17) is 4.74 Å². The van der Waals surface area contributed by atoms with Crippen LogP contribution in [0.15, 0.2) is 24.3 Å². The Hall–Kier alpha value is -1.88. The highest BCUT2D eigenvalue weighted by Gasteiger charge is 2.08. The third-order valence-corrected chi connectivity index (χ3v) is 3.13. The van der Waals surface area contributed by atoms with Crippen molar-refractivity contribution >= 4 is 0 Å². The van der Waals surface area contributed by atoms with Crippen molar-refractivity contribution in [3.05, 3.63) is 41.2 Å². The lowest BCUT2D eigenvalue weighted by Crippen LogP contribution is -2.17. The average Bonchev–Trinajstić information content (AvgIpc) is 2.80. The van der Waals surface area contributed by atoms with Gasteiger partial charge in [0.2, 0.25) is 0 Å². The highest BCUT2D eigenvalue weighted by Crippen LogP contribution is 2.16. The maximum absolute atomic E-state index is 5.33. The van der Waals surface area contributed by atoms with Crippen molar-refractivity contribution in [1.29, 1.82) is 0 Å². The van der Waals surface area contributed by atoms with Crippen LogP contribution in [0.25, 0.3) is 0 Å². The van der Waals surface area contributed by atoms with Crippen LogP contribution in [0, 0.1) is 6.92 Å². The van der Waals surface area contributed by atoms with Gasteiger partial charge >= 0.3 is 0 Å². The summed E-state index contributed by atoms with van der Waals surface area (Å²) in [6.07, 6.45) is 0. The van der Waals surface area contributed by atoms with Crippen molar-refractivity contribution in [2.75, 3.05) is 7.11 Å². The lowest BCUT2D eigenvalue weighted by atomic mass is 10.2. The van der Waals surface area contributed by atoms with Gasteiger partial charge in [0.05, 0.1) is 18.5 Å². The molecule has 2 rings (SSSR count). The fourth-order valence-electron chi connectivity index (χ4n) is 2.06. The molecule has 102 valence electrons. The molecular formula is C14H20N4O. The largest absolute Gasteiger partial charge is 0.496 e. The lowest BCUT2D eigenvalue weighted by molar-refractivity contribution is 0.407. The monoisotopic (exact) mass is 260 g/mol. The molecular weight excluding hydrogens is 240 g/mol. The molecule has 0 aliphatic heterocycles. The maximum atomic E-state index is 5.33. The second-order valence-electron chi connectivity index (χ2n) is 4.35. The molecule has 1 aromatic carbocycles. The fourth-order valence-corrected chi connectivity index (χ4v) is 2.06. The Labute approximate surface area is 113 Å². The summed E-state index contributed by atoms with van der Waals surface area (Å²) in [5, 5.41) is 11.6. The first-order valence-corrected chi connectivity index (χ1v) is 6.47. The molecule has 1 N–H and O–H groups in total. The highest BCUT2D eigenvalue weighted by atomic mass is 16.5. The average molecular weight is 260 g/mol. The Bertz CT molecular complexity index is 536. The molecule has 0 saturated carbocycles. The minimum Gasteiger partial charge on any atom is -0.496 e. The van der Waals surface area contributed by atoms with E-state index in [0.717, 1.165) is 42.3 Å². The van der Waals surface area contributed by atoms with Gasteiger partial charge in [0.15, 0.2) is 0 Å². The van der Waals surface area contributed by atoms with E-state index in [1.807, 2.05) is 29.8 Å². The Morgan fingerprint density at radius 1 is 1.26 bits per heavy atom. The van der Waals surface area contributed by atoms with Crippen LogP contribution in [0.5, 0.6) is 5.75 Å². The van der Waals surface area contributed by atoms with E-state index >= 15 is 0 Å². The summed E-state index contributed by atoms with van der Waals surface area (Å²) in [4.78, 5) is 0. The second-order valence-corrected chi connectivity index (χ2v) is 4.35. The zero-order chi connectivity index (χ0) is 13.7. The number of aryl methyl sites for hydroxylation is 2. The SMILES string of the molecule is CCn1nnc(C)c1CNCc1ccccc1OC. The van der Waals surface area contributed by atoms with Crippen molar-refractivity contribution in [2.45, 2.75) is 33.5 Å². The molecule has 0 fully saturated rings. The maximum Gasteiger partial charge on any atom is 0.123 e. The standard InChI is InChI=1S/C14H20N4O/c1-4-18-13(11(2)16-17-18)10-15-9-12-7-5-6-8-14(12)19-3/h5-8,15H,4,9-10H2,1-3H3. The van der Waals surface area contributed by atoms with Gasteiger partial charge in [-0.1, -0.05) is 23.4 Å². The molecule has 2 aromatic rings. The molecule has 5 nitrogen and oxygen atoms in total. The molecule has 0 aliphatic carbocycles. The fraction of sp³-hybridized carbons (Fsp3) is 0.429. The molecule has 5 heteroatoms. The smallest absolute Gasteiger partial charge is 0.123 e. The van der Waals surface area contributed by atoms with Crippen molar-refractivity contribution < 1.29 is 4.74 Å². The molecule has 0 saturated heterocycles. The number of rotatable bonds is 6. The van der Waals surface area contributed by atoms with E-state index in [2.05, 4.69) is 28.6 Å². The molecule has 1 heterocycles. The summed E-state index contributed by atoms with van der Waals surface area (Å²) in [6.45, 7) is 6.41. The molecule has 0 amide bonds. The lowest BCUT2D eigenvalue weighted by Gasteiger charge is -2.10. The molecule has 0 bridgehead atoms. The molecule has 0 aliphatic rings. The number of para-hydroxylation sites is 1. The van der Waals surface area contributed by atoms with Crippen LogP contribution in [0.1, 0.15) is 23.9 Å². The summed E-state index contributed by atoms with van der Waals surface area (Å²) in [5.74, 6) is 0.911. The molecule has 0 spiro atoms. The van der Waals surface area contributed by atoms with Gasteiger partial charge in [-0.25, -0.2) is 4.68 Å². The van der Waals surface area contributed by atoms with Crippen molar-refractivity contribution in [3.8, 4) is 5.75 Å². The van der Waals surface area contributed by atoms with Gasteiger partial charge in [-0.2, -0.15) is 0 Å². The van der Waals surface area contributed by atoms with E-state index < -0.39 is 0 Å². The van der Waals surface area contributed by atoms with Crippen molar-refractivity contribution in [2.24, 2.45) is 0 Å². The van der Waals surface area contributed by atoms with Crippen LogP contribution in [0.4, 0.5) is 0 Å². The number of methoxy groups -OCH3 is 1. The molecule has 1 aromatic heterocycles. The molecule has 19 heavy (non-hydrogen) atoms. The van der Waals surface area contributed by atoms with Crippen LogP contribution >= 0.6 is 0 Å². The van der Waals surface area contributed by atoms with E-state index in [1.54, 1.807) is 7.11 Å². The minimum absolute atomic E-state index is 0.755. The molecule has 0 radical (unpaired) electrons. The first-order valence-electron chi connectivity index (χ1n) is 6.47. The zero-order valence-corrected chi connectivity index (χ0v) is 11.7. The van der Waals surface area contributed by atoms with Crippen LogP contribution in [0.2, 0.25) is 0 Å². The van der Waals surface area contributed by atoms with Crippen LogP contribution in [0.3, 0.4) is 0 Å². The number of aromatic nitrogens is 3. The van der Waals surface area contributed by atoms with Crippen LogP contribution in [-0.2, 0) is 19.6 Å². The topological polar surface area (TPSA) is 52.0 Å². The summed E-state index contributed by atoms with van der Waals surface area (Å²) in [5.41, 5.74) is 3.27. The van der Waals surface area contributed by atoms with Gasteiger partial charge in [0.1, 0.15) is 5.75 Å². The number of nitrogens with zero attached hydrogens (tertiary/aromatic N) is 3. The number of ether oxygens (including phenoxy) is 1. The van der Waals surface area contributed by atoms with E-state index in [9.17, 15) is 0 Å². The number of nitrogens with one attached hydrogen (secondary N) is 1. The van der Waals surface area contributed by atoms with Crippen LogP contribution in [-0.4, -0.2) is 22.1 Å².